The molecule has 1 aromatic heterocycles. The van der Waals surface area contributed by atoms with Crippen LogP contribution in [-0.4, -0.2) is 11.3 Å². The highest BCUT2D eigenvalue weighted by molar-refractivity contribution is 6.29. The van der Waals surface area contributed by atoms with Crippen LogP contribution in [0.5, 0.6) is 5.75 Å². The van der Waals surface area contributed by atoms with E-state index >= 15 is 0 Å². The molecule has 0 aliphatic carbocycles. The Labute approximate surface area is 125 Å². The van der Waals surface area contributed by atoms with Crippen LogP contribution in [0.2, 0.25) is 5.15 Å². The smallest absolute Gasteiger partial charge is 0.406 e. The van der Waals surface area contributed by atoms with E-state index in [-0.39, 0.29) is 10.7 Å². The lowest BCUT2D eigenvalue weighted by atomic mass is 10.0. The molecule has 0 saturated carbocycles. The number of hydrogen-bond acceptors (Lipinski definition) is 2. The lowest BCUT2D eigenvalue weighted by Crippen LogP contribution is -2.17. The Morgan fingerprint density at radius 1 is 0.955 bits per heavy atom. The monoisotopic (exact) mass is 341 g/mol. The van der Waals surface area contributed by atoms with E-state index < -0.39 is 29.5 Å². The number of hydrogen-bond donors (Lipinski definition) is 0. The van der Waals surface area contributed by atoms with Gasteiger partial charge in [-0.2, -0.15) is 13.2 Å². The number of ether oxygens (including phenoxy) is 1. The lowest BCUT2D eigenvalue weighted by molar-refractivity contribution is -0.274. The van der Waals surface area contributed by atoms with Crippen molar-refractivity contribution in [2.24, 2.45) is 0 Å². The topological polar surface area (TPSA) is 22.1 Å². The van der Waals surface area contributed by atoms with Gasteiger partial charge in [-0.25, -0.2) is 4.98 Å². The molecule has 0 atom stereocenters. The average molecular weight is 342 g/mol. The fourth-order valence-electron chi connectivity index (χ4n) is 1.75. The summed E-state index contributed by atoms with van der Waals surface area (Å²) in [4.78, 5) is 3.20. The van der Waals surface area contributed by atoms with Crippen LogP contribution < -0.4 is 4.74 Å². The zero-order chi connectivity index (χ0) is 16.5. The third-order valence-electron chi connectivity index (χ3n) is 2.51. The number of halogens is 7. The molecule has 1 aromatic carbocycles. The Hall–Kier alpha value is -1.96. The van der Waals surface area contributed by atoms with Crippen LogP contribution in [0.25, 0.3) is 11.1 Å². The molecule has 2 nitrogen and oxygen atoms in total. The normalized spacial score (nSPS) is 12.3. The van der Waals surface area contributed by atoms with Crippen molar-refractivity contribution in [3.8, 4) is 16.9 Å². The highest BCUT2D eigenvalue weighted by Gasteiger charge is 2.36. The average Bonchev–Trinajstić information content (AvgIpc) is 2.36. The van der Waals surface area contributed by atoms with Crippen LogP contribution in [0.15, 0.2) is 36.4 Å². The van der Waals surface area contributed by atoms with Gasteiger partial charge in [0.25, 0.3) is 0 Å². The van der Waals surface area contributed by atoms with Crippen LogP contribution in [0.4, 0.5) is 26.3 Å². The summed E-state index contributed by atoms with van der Waals surface area (Å²) in [5.41, 5.74) is -1.81. The SMILES string of the molecule is FC(F)(F)Oc1cccc(-c2ccc(Cl)nc2C(F)(F)F)c1. The summed E-state index contributed by atoms with van der Waals surface area (Å²) in [5.74, 6) is -0.631. The van der Waals surface area contributed by atoms with E-state index in [2.05, 4.69) is 9.72 Å². The number of rotatable bonds is 2. The van der Waals surface area contributed by atoms with E-state index in [4.69, 9.17) is 11.6 Å². The van der Waals surface area contributed by atoms with Crippen molar-refractivity contribution >= 4 is 11.6 Å². The standard InChI is InChI=1S/C13H6ClF6NO/c14-10-5-4-9(11(21-10)12(15,16)17)7-2-1-3-8(6-7)22-13(18,19)20/h1-6H. The summed E-state index contributed by atoms with van der Waals surface area (Å²) < 4.78 is 79.0. The number of aromatic nitrogens is 1. The summed E-state index contributed by atoms with van der Waals surface area (Å²) in [6.07, 6.45) is -9.75. The molecule has 0 spiro atoms. The van der Waals surface area contributed by atoms with Crippen molar-refractivity contribution in [2.75, 3.05) is 0 Å². The second kappa shape index (κ2) is 5.68. The van der Waals surface area contributed by atoms with Gasteiger partial charge < -0.3 is 4.74 Å². The van der Waals surface area contributed by atoms with Crippen LogP contribution in [0, 0.1) is 0 Å². The first-order valence-electron chi connectivity index (χ1n) is 5.66. The predicted molar refractivity (Wildman–Crippen MR) is 66.4 cm³/mol. The van der Waals surface area contributed by atoms with E-state index in [1.165, 1.54) is 6.07 Å². The van der Waals surface area contributed by atoms with Crippen molar-refractivity contribution in [3.63, 3.8) is 0 Å². The lowest BCUT2D eigenvalue weighted by Gasteiger charge is -2.14. The second-order valence-corrected chi connectivity index (χ2v) is 4.49. The summed E-state index contributed by atoms with van der Waals surface area (Å²) in [5, 5.41) is -0.376. The number of nitrogens with zero attached hydrogens (tertiary/aromatic N) is 1. The van der Waals surface area contributed by atoms with Gasteiger partial charge in [-0.05, 0) is 29.8 Å². The van der Waals surface area contributed by atoms with Crippen LogP contribution in [0.1, 0.15) is 5.69 Å². The maximum absolute atomic E-state index is 13.0. The van der Waals surface area contributed by atoms with E-state index in [0.29, 0.717) is 0 Å². The maximum Gasteiger partial charge on any atom is 0.573 e. The van der Waals surface area contributed by atoms with Gasteiger partial charge in [0, 0.05) is 5.56 Å². The number of alkyl halides is 6. The molecule has 2 rings (SSSR count). The second-order valence-electron chi connectivity index (χ2n) is 4.10. The first kappa shape index (κ1) is 16.4. The molecule has 0 saturated heterocycles. The molecule has 0 radical (unpaired) electrons. The Bertz CT molecular complexity index is 683. The van der Waals surface area contributed by atoms with Crippen molar-refractivity contribution in [3.05, 3.63) is 47.2 Å². The van der Waals surface area contributed by atoms with Gasteiger partial charge in [-0.1, -0.05) is 23.7 Å². The van der Waals surface area contributed by atoms with Gasteiger partial charge in [-0.3, -0.25) is 0 Å². The van der Waals surface area contributed by atoms with E-state index in [0.717, 1.165) is 30.3 Å². The van der Waals surface area contributed by atoms with Crippen LogP contribution in [0.3, 0.4) is 0 Å². The van der Waals surface area contributed by atoms with Gasteiger partial charge in [0.1, 0.15) is 10.9 Å². The van der Waals surface area contributed by atoms with Crippen molar-refractivity contribution in [1.29, 1.82) is 0 Å². The third kappa shape index (κ3) is 4.03. The molecule has 0 aliphatic rings. The van der Waals surface area contributed by atoms with Gasteiger partial charge in [-0.15, -0.1) is 13.2 Å². The van der Waals surface area contributed by atoms with E-state index in [1.54, 1.807) is 0 Å². The van der Waals surface area contributed by atoms with Gasteiger partial charge in [0.2, 0.25) is 0 Å². The minimum Gasteiger partial charge on any atom is -0.406 e. The minimum atomic E-state index is -4.94. The zero-order valence-corrected chi connectivity index (χ0v) is 11.2. The fourth-order valence-corrected chi connectivity index (χ4v) is 1.89. The van der Waals surface area contributed by atoms with E-state index in [9.17, 15) is 26.3 Å². The summed E-state index contributed by atoms with van der Waals surface area (Å²) >= 11 is 5.44. The van der Waals surface area contributed by atoms with Gasteiger partial charge in [0.15, 0.2) is 5.69 Å². The molecule has 0 bridgehead atoms. The molecule has 1 heterocycles. The quantitative estimate of drug-likeness (QED) is 0.545. The molecule has 0 aliphatic heterocycles. The molecule has 2 aromatic rings. The predicted octanol–water partition coefficient (Wildman–Crippen LogP) is 5.32. The van der Waals surface area contributed by atoms with Gasteiger partial charge >= 0.3 is 12.5 Å². The largest absolute Gasteiger partial charge is 0.573 e. The summed E-state index contributed by atoms with van der Waals surface area (Å²) in [7, 11) is 0. The van der Waals surface area contributed by atoms with Crippen LogP contribution in [-0.2, 0) is 6.18 Å². The molecule has 9 heteroatoms. The molecule has 0 fully saturated rings. The molecule has 22 heavy (non-hydrogen) atoms. The molecule has 0 amide bonds. The minimum absolute atomic E-state index is 0.127. The molecular formula is C13H6ClF6NO. The Morgan fingerprint density at radius 2 is 1.64 bits per heavy atom. The van der Waals surface area contributed by atoms with Crippen molar-refractivity contribution in [2.45, 2.75) is 12.5 Å². The highest BCUT2D eigenvalue weighted by Crippen LogP contribution is 2.37. The molecule has 118 valence electrons. The third-order valence-corrected chi connectivity index (χ3v) is 2.72. The summed E-state index contributed by atoms with van der Waals surface area (Å²) in [6.45, 7) is 0. The van der Waals surface area contributed by atoms with Gasteiger partial charge in [0.05, 0.1) is 0 Å². The molecular weight excluding hydrogens is 336 g/mol. The molecule has 0 unspecified atom stereocenters. The Morgan fingerprint density at radius 3 is 2.23 bits per heavy atom. The van der Waals surface area contributed by atoms with Crippen LogP contribution >= 0.6 is 11.6 Å². The number of pyridine rings is 1. The first-order valence-corrected chi connectivity index (χ1v) is 6.04. The summed E-state index contributed by atoms with van der Waals surface area (Å²) in [6, 6.07) is 6.32. The van der Waals surface area contributed by atoms with Crippen molar-refractivity contribution in [1.82, 2.24) is 4.98 Å². The number of benzene rings is 1. The highest BCUT2D eigenvalue weighted by atomic mass is 35.5. The molecule has 0 N–H and O–H groups in total. The fraction of sp³-hybridized carbons (Fsp3) is 0.154. The van der Waals surface area contributed by atoms with E-state index in [1.807, 2.05) is 0 Å². The maximum atomic E-state index is 13.0. The Balaban J connectivity index is 2.51. The van der Waals surface area contributed by atoms with Crippen molar-refractivity contribution < 1.29 is 31.1 Å². The first-order chi connectivity index (χ1) is 10.1. The Kier molecular flexibility index (Phi) is 4.23. The zero-order valence-electron chi connectivity index (χ0n) is 10.5.